The van der Waals surface area contributed by atoms with Gasteiger partial charge in [-0.3, -0.25) is 4.99 Å². The highest BCUT2D eigenvalue weighted by atomic mass is 19.1. The lowest BCUT2D eigenvalue weighted by Crippen LogP contribution is -2.51. The number of benzene rings is 2. The molecule has 1 aliphatic heterocycles. The SMILES string of the molecule is CC1(Cc2ccccc2F)CN=C(N)N1c1ccccc1. The number of halogens is 1. The Morgan fingerprint density at radius 1 is 1.14 bits per heavy atom. The summed E-state index contributed by atoms with van der Waals surface area (Å²) in [5.41, 5.74) is 7.37. The van der Waals surface area contributed by atoms with Gasteiger partial charge in [0.25, 0.3) is 0 Å². The summed E-state index contributed by atoms with van der Waals surface area (Å²) >= 11 is 0. The summed E-state index contributed by atoms with van der Waals surface area (Å²) in [6, 6.07) is 16.7. The minimum Gasteiger partial charge on any atom is -0.369 e. The number of aliphatic imine (C=N–C) groups is 1. The van der Waals surface area contributed by atoms with E-state index in [1.54, 1.807) is 6.07 Å². The van der Waals surface area contributed by atoms with Gasteiger partial charge in [0.15, 0.2) is 5.96 Å². The molecule has 0 saturated heterocycles. The van der Waals surface area contributed by atoms with Gasteiger partial charge >= 0.3 is 0 Å². The molecule has 0 bridgehead atoms. The molecule has 1 heterocycles. The molecule has 108 valence electrons. The van der Waals surface area contributed by atoms with Gasteiger partial charge in [0.1, 0.15) is 5.82 Å². The Hall–Kier alpha value is -2.36. The van der Waals surface area contributed by atoms with E-state index >= 15 is 0 Å². The number of nitrogens with zero attached hydrogens (tertiary/aromatic N) is 2. The molecule has 3 nitrogen and oxygen atoms in total. The minimum atomic E-state index is -0.354. The van der Waals surface area contributed by atoms with Crippen molar-refractivity contribution in [2.75, 3.05) is 11.4 Å². The van der Waals surface area contributed by atoms with Crippen LogP contribution in [0.5, 0.6) is 0 Å². The first-order valence-corrected chi connectivity index (χ1v) is 6.99. The highest BCUT2D eigenvalue weighted by molar-refractivity contribution is 5.98. The van der Waals surface area contributed by atoms with E-state index in [0.29, 0.717) is 24.5 Å². The van der Waals surface area contributed by atoms with Crippen molar-refractivity contribution in [3.8, 4) is 0 Å². The lowest BCUT2D eigenvalue weighted by Gasteiger charge is -2.36. The monoisotopic (exact) mass is 283 g/mol. The summed E-state index contributed by atoms with van der Waals surface area (Å²) in [7, 11) is 0. The van der Waals surface area contributed by atoms with Gasteiger partial charge in [0.2, 0.25) is 0 Å². The molecule has 4 heteroatoms. The van der Waals surface area contributed by atoms with Crippen LogP contribution in [0.4, 0.5) is 10.1 Å². The van der Waals surface area contributed by atoms with Crippen LogP contribution in [-0.4, -0.2) is 18.0 Å². The zero-order valence-electron chi connectivity index (χ0n) is 12.0. The summed E-state index contributed by atoms with van der Waals surface area (Å²) < 4.78 is 14.0. The Balaban J connectivity index is 1.95. The topological polar surface area (TPSA) is 41.6 Å². The smallest absolute Gasteiger partial charge is 0.196 e. The molecule has 1 aliphatic rings. The number of para-hydroxylation sites is 1. The van der Waals surface area contributed by atoms with Gasteiger partial charge in [-0.05, 0) is 30.7 Å². The van der Waals surface area contributed by atoms with E-state index in [1.165, 1.54) is 6.07 Å². The highest BCUT2D eigenvalue weighted by Crippen LogP contribution is 2.31. The van der Waals surface area contributed by atoms with Gasteiger partial charge in [-0.1, -0.05) is 36.4 Å². The number of hydrogen-bond acceptors (Lipinski definition) is 3. The molecule has 2 N–H and O–H groups in total. The van der Waals surface area contributed by atoms with E-state index in [1.807, 2.05) is 47.4 Å². The van der Waals surface area contributed by atoms with E-state index < -0.39 is 0 Å². The third kappa shape index (κ3) is 2.49. The van der Waals surface area contributed by atoms with E-state index in [2.05, 4.69) is 11.9 Å². The maximum Gasteiger partial charge on any atom is 0.196 e. The molecule has 0 aliphatic carbocycles. The number of guanidine groups is 1. The van der Waals surface area contributed by atoms with Crippen LogP contribution in [0, 0.1) is 5.82 Å². The molecule has 1 atom stereocenters. The van der Waals surface area contributed by atoms with Crippen LogP contribution in [-0.2, 0) is 6.42 Å². The number of nitrogens with two attached hydrogens (primary N) is 1. The van der Waals surface area contributed by atoms with Gasteiger partial charge in [0.05, 0.1) is 12.1 Å². The van der Waals surface area contributed by atoms with Crippen molar-refractivity contribution in [1.82, 2.24) is 0 Å². The fourth-order valence-electron chi connectivity index (χ4n) is 2.88. The van der Waals surface area contributed by atoms with Crippen molar-refractivity contribution in [2.45, 2.75) is 18.9 Å². The number of rotatable bonds is 3. The molecule has 0 spiro atoms. The summed E-state index contributed by atoms with van der Waals surface area (Å²) in [6.45, 7) is 2.62. The second-order valence-electron chi connectivity index (χ2n) is 5.61. The van der Waals surface area contributed by atoms with Gasteiger partial charge < -0.3 is 10.6 Å². The number of hydrogen-bond donors (Lipinski definition) is 1. The first-order valence-electron chi connectivity index (χ1n) is 6.99. The predicted octanol–water partition coefficient (Wildman–Crippen LogP) is 2.96. The molecule has 2 aromatic carbocycles. The largest absolute Gasteiger partial charge is 0.369 e. The van der Waals surface area contributed by atoms with Crippen molar-refractivity contribution >= 4 is 11.6 Å². The quantitative estimate of drug-likeness (QED) is 0.941. The van der Waals surface area contributed by atoms with E-state index in [0.717, 1.165) is 5.69 Å². The molecule has 1 unspecified atom stereocenters. The molecule has 0 amide bonds. The van der Waals surface area contributed by atoms with Crippen LogP contribution in [0.3, 0.4) is 0 Å². The highest BCUT2D eigenvalue weighted by Gasteiger charge is 2.39. The molecule has 3 rings (SSSR count). The summed E-state index contributed by atoms with van der Waals surface area (Å²) in [4.78, 5) is 6.37. The third-order valence-corrected chi connectivity index (χ3v) is 3.89. The van der Waals surface area contributed by atoms with Crippen LogP contribution in [0.25, 0.3) is 0 Å². The molecular formula is C17H18FN3. The molecule has 0 radical (unpaired) electrons. The van der Waals surface area contributed by atoms with Crippen LogP contribution in [0.2, 0.25) is 0 Å². The molecule has 0 saturated carbocycles. The average Bonchev–Trinajstić information content (AvgIpc) is 2.78. The first kappa shape index (κ1) is 13.6. The van der Waals surface area contributed by atoms with Crippen LogP contribution >= 0.6 is 0 Å². The lowest BCUT2D eigenvalue weighted by atomic mass is 9.91. The average molecular weight is 283 g/mol. The second-order valence-corrected chi connectivity index (χ2v) is 5.61. The van der Waals surface area contributed by atoms with Crippen molar-refractivity contribution in [3.63, 3.8) is 0 Å². The van der Waals surface area contributed by atoms with E-state index in [4.69, 9.17) is 5.73 Å². The third-order valence-electron chi connectivity index (χ3n) is 3.89. The maximum absolute atomic E-state index is 14.0. The Kier molecular flexibility index (Phi) is 3.37. The molecule has 21 heavy (non-hydrogen) atoms. The Labute approximate surface area is 123 Å². The normalized spacial score (nSPS) is 21.4. The van der Waals surface area contributed by atoms with Crippen LogP contribution in [0.1, 0.15) is 12.5 Å². The van der Waals surface area contributed by atoms with Gasteiger partial charge in [-0.15, -0.1) is 0 Å². The fourth-order valence-corrected chi connectivity index (χ4v) is 2.88. The van der Waals surface area contributed by atoms with Gasteiger partial charge in [-0.2, -0.15) is 0 Å². The molecule has 0 aromatic heterocycles. The fraction of sp³-hybridized carbons (Fsp3) is 0.235. The maximum atomic E-state index is 14.0. The van der Waals surface area contributed by atoms with Crippen LogP contribution in [0.15, 0.2) is 59.6 Å². The zero-order valence-corrected chi connectivity index (χ0v) is 12.0. The predicted molar refractivity (Wildman–Crippen MR) is 83.9 cm³/mol. The molecule has 2 aromatic rings. The van der Waals surface area contributed by atoms with Crippen molar-refractivity contribution in [3.05, 3.63) is 66.0 Å². The zero-order chi connectivity index (χ0) is 14.9. The van der Waals surface area contributed by atoms with E-state index in [-0.39, 0.29) is 11.4 Å². The summed E-state index contributed by atoms with van der Waals surface area (Å²) in [5, 5.41) is 0. The number of anilines is 1. The van der Waals surface area contributed by atoms with Crippen molar-refractivity contribution in [2.24, 2.45) is 10.7 Å². The van der Waals surface area contributed by atoms with E-state index in [9.17, 15) is 4.39 Å². The van der Waals surface area contributed by atoms with Crippen molar-refractivity contribution in [1.29, 1.82) is 0 Å². The van der Waals surface area contributed by atoms with Crippen LogP contribution < -0.4 is 10.6 Å². The standard InChI is InChI=1S/C17H18FN3/c1-17(11-13-7-5-6-10-15(13)18)12-20-16(19)21(17)14-8-3-2-4-9-14/h2-10H,11-12H2,1H3,(H2,19,20). The van der Waals surface area contributed by atoms with Gasteiger partial charge in [-0.25, -0.2) is 4.39 Å². The summed E-state index contributed by atoms with van der Waals surface area (Å²) in [5.74, 6) is 0.303. The summed E-state index contributed by atoms with van der Waals surface area (Å²) in [6.07, 6.45) is 0.554. The lowest BCUT2D eigenvalue weighted by molar-refractivity contribution is 0.484. The Morgan fingerprint density at radius 2 is 1.81 bits per heavy atom. The minimum absolute atomic E-state index is 0.183. The molecular weight excluding hydrogens is 265 g/mol. The van der Waals surface area contributed by atoms with Crippen molar-refractivity contribution < 1.29 is 4.39 Å². The van der Waals surface area contributed by atoms with Gasteiger partial charge in [0, 0.05) is 12.1 Å². The Bertz CT molecular complexity index is 669. The second kappa shape index (κ2) is 5.20. The first-order chi connectivity index (χ1) is 10.1. The molecule has 0 fully saturated rings. The Morgan fingerprint density at radius 3 is 2.52 bits per heavy atom.